The predicted molar refractivity (Wildman–Crippen MR) is 92.7 cm³/mol. The highest BCUT2D eigenvalue weighted by Crippen LogP contribution is 2.23. The Morgan fingerprint density at radius 1 is 1.33 bits per heavy atom. The number of fused-ring (bicyclic) bond motifs is 1. The van der Waals surface area contributed by atoms with Gasteiger partial charge in [0.25, 0.3) is 5.91 Å². The van der Waals surface area contributed by atoms with E-state index in [0.717, 1.165) is 10.6 Å². The highest BCUT2D eigenvalue weighted by atomic mass is 35.5. The number of benzene rings is 1. The van der Waals surface area contributed by atoms with Gasteiger partial charge in [0.05, 0.1) is 6.04 Å². The Labute approximate surface area is 146 Å². The molecule has 8 heteroatoms. The number of thiazole rings is 1. The van der Waals surface area contributed by atoms with Gasteiger partial charge in [0.15, 0.2) is 4.96 Å². The van der Waals surface area contributed by atoms with Crippen LogP contribution in [0.4, 0.5) is 5.69 Å². The van der Waals surface area contributed by atoms with Gasteiger partial charge in [-0.1, -0.05) is 11.6 Å². The second-order valence-corrected chi connectivity index (χ2v) is 6.88. The number of carbonyl (C=O) groups is 2. The lowest BCUT2D eigenvalue weighted by Crippen LogP contribution is -2.37. The fourth-order valence-corrected chi connectivity index (χ4v) is 3.60. The topological polar surface area (TPSA) is 66.7 Å². The molecule has 2 aromatic heterocycles. The van der Waals surface area contributed by atoms with E-state index in [0.29, 0.717) is 17.3 Å². The number of nitrogens with one attached hydrogen (secondary N) is 1. The van der Waals surface area contributed by atoms with Gasteiger partial charge in [-0.05, 0) is 24.3 Å². The van der Waals surface area contributed by atoms with Crippen LogP contribution in [0.2, 0.25) is 5.02 Å². The van der Waals surface area contributed by atoms with Gasteiger partial charge in [-0.15, -0.1) is 11.3 Å². The van der Waals surface area contributed by atoms with Crippen LogP contribution in [0.5, 0.6) is 0 Å². The van der Waals surface area contributed by atoms with Crippen LogP contribution < -0.4 is 10.2 Å². The second kappa shape index (κ2) is 5.92. The van der Waals surface area contributed by atoms with Gasteiger partial charge in [0.1, 0.15) is 5.69 Å². The number of carbonyl (C=O) groups excluding carboxylic acids is 2. The van der Waals surface area contributed by atoms with E-state index in [1.165, 1.54) is 11.3 Å². The number of aromatic nitrogens is 2. The summed E-state index contributed by atoms with van der Waals surface area (Å²) in [5.74, 6) is -0.282. The molecule has 24 heavy (non-hydrogen) atoms. The SMILES string of the molecule is O=C(NC1CC(=O)N(c2ccc(Cl)cc2)C1)c1cn2ccsc2n1. The molecule has 0 aliphatic carbocycles. The molecule has 0 spiro atoms. The molecule has 0 bridgehead atoms. The average Bonchev–Trinajstić information content (AvgIpc) is 3.22. The minimum atomic E-state index is -0.262. The zero-order chi connectivity index (χ0) is 16.7. The third-order valence-electron chi connectivity index (χ3n) is 3.92. The van der Waals surface area contributed by atoms with E-state index >= 15 is 0 Å². The first-order valence-corrected chi connectivity index (χ1v) is 8.65. The lowest BCUT2D eigenvalue weighted by molar-refractivity contribution is -0.117. The van der Waals surface area contributed by atoms with E-state index in [9.17, 15) is 9.59 Å². The first-order valence-electron chi connectivity index (χ1n) is 7.39. The summed E-state index contributed by atoms with van der Waals surface area (Å²) in [7, 11) is 0. The molecule has 1 unspecified atom stereocenters. The second-order valence-electron chi connectivity index (χ2n) is 5.57. The largest absolute Gasteiger partial charge is 0.346 e. The van der Waals surface area contributed by atoms with Crippen LogP contribution in [-0.4, -0.2) is 33.8 Å². The number of rotatable bonds is 3. The van der Waals surface area contributed by atoms with Gasteiger partial charge < -0.3 is 10.2 Å². The molecule has 2 amide bonds. The summed E-state index contributed by atoms with van der Waals surface area (Å²) in [6.45, 7) is 0.439. The van der Waals surface area contributed by atoms with E-state index in [1.54, 1.807) is 39.8 Å². The van der Waals surface area contributed by atoms with E-state index in [4.69, 9.17) is 11.6 Å². The summed E-state index contributed by atoms with van der Waals surface area (Å²) in [4.78, 5) is 31.2. The molecule has 1 saturated heterocycles. The van der Waals surface area contributed by atoms with E-state index in [1.807, 2.05) is 11.6 Å². The van der Waals surface area contributed by atoms with Crippen LogP contribution in [-0.2, 0) is 4.79 Å². The molecule has 3 heterocycles. The van der Waals surface area contributed by atoms with Crippen molar-refractivity contribution in [3.8, 4) is 0 Å². The number of anilines is 1. The standard InChI is InChI=1S/C16H13ClN4O2S/c17-10-1-3-12(4-2-10)21-8-11(7-14(21)22)18-15(23)13-9-20-5-6-24-16(20)19-13/h1-6,9,11H,7-8H2,(H,18,23). The first-order chi connectivity index (χ1) is 11.6. The number of nitrogens with zero attached hydrogens (tertiary/aromatic N) is 3. The number of hydrogen-bond acceptors (Lipinski definition) is 4. The molecule has 6 nitrogen and oxygen atoms in total. The molecule has 122 valence electrons. The zero-order valence-electron chi connectivity index (χ0n) is 12.5. The molecule has 1 aliphatic heterocycles. The van der Waals surface area contributed by atoms with Crippen molar-refractivity contribution >= 4 is 45.4 Å². The summed E-state index contributed by atoms with van der Waals surface area (Å²) in [5.41, 5.74) is 1.14. The van der Waals surface area contributed by atoms with Crippen molar-refractivity contribution in [1.29, 1.82) is 0 Å². The van der Waals surface area contributed by atoms with Crippen molar-refractivity contribution in [3.05, 3.63) is 52.8 Å². The third-order valence-corrected chi connectivity index (χ3v) is 4.95. The smallest absolute Gasteiger partial charge is 0.271 e. The molecular formula is C16H13ClN4O2S. The van der Waals surface area contributed by atoms with E-state index in [2.05, 4.69) is 10.3 Å². The van der Waals surface area contributed by atoms with Crippen molar-refractivity contribution in [2.24, 2.45) is 0 Å². The van der Waals surface area contributed by atoms with Gasteiger partial charge in [0, 0.05) is 41.4 Å². The lowest BCUT2D eigenvalue weighted by atomic mass is 10.2. The summed E-state index contributed by atoms with van der Waals surface area (Å²) in [5, 5.41) is 5.42. The summed E-state index contributed by atoms with van der Waals surface area (Å²) in [6, 6.07) is 6.85. The molecule has 1 atom stereocenters. The van der Waals surface area contributed by atoms with Crippen molar-refractivity contribution in [2.45, 2.75) is 12.5 Å². The summed E-state index contributed by atoms with van der Waals surface area (Å²) >= 11 is 7.34. The molecule has 0 saturated carbocycles. The number of hydrogen-bond donors (Lipinski definition) is 1. The van der Waals surface area contributed by atoms with E-state index < -0.39 is 0 Å². The van der Waals surface area contributed by atoms with Gasteiger partial charge in [-0.2, -0.15) is 0 Å². The number of amides is 2. The molecule has 1 fully saturated rings. The highest BCUT2D eigenvalue weighted by Gasteiger charge is 2.32. The average molecular weight is 361 g/mol. The minimum absolute atomic E-state index is 0.0200. The van der Waals surface area contributed by atoms with Crippen molar-refractivity contribution < 1.29 is 9.59 Å². The molecule has 1 N–H and O–H groups in total. The Morgan fingerprint density at radius 3 is 2.88 bits per heavy atom. The van der Waals surface area contributed by atoms with Crippen molar-refractivity contribution in [3.63, 3.8) is 0 Å². The lowest BCUT2D eigenvalue weighted by Gasteiger charge is -2.17. The summed E-state index contributed by atoms with van der Waals surface area (Å²) < 4.78 is 1.80. The Kier molecular flexibility index (Phi) is 3.74. The molecule has 0 radical (unpaired) electrons. The van der Waals surface area contributed by atoms with Crippen LogP contribution in [0, 0.1) is 0 Å². The molecular weight excluding hydrogens is 348 g/mol. The normalized spacial score (nSPS) is 17.6. The fraction of sp³-hybridized carbons (Fsp3) is 0.188. The maximum Gasteiger partial charge on any atom is 0.271 e. The Balaban J connectivity index is 1.45. The molecule has 4 rings (SSSR count). The maximum atomic E-state index is 12.3. The highest BCUT2D eigenvalue weighted by molar-refractivity contribution is 7.15. The van der Waals surface area contributed by atoms with Gasteiger partial charge in [0.2, 0.25) is 5.91 Å². The Morgan fingerprint density at radius 2 is 2.12 bits per heavy atom. The van der Waals surface area contributed by atoms with Crippen molar-refractivity contribution in [2.75, 3.05) is 11.4 Å². The Hall–Kier alpha value is -2.38. The molecule has 1 aromatic carbocycles. The third kappa shape index (κ3) is 2.76. The van der Waals surface area contributed by atoms with Gasteiger partial charge in [-0.3, -0.25) is 14.0 Å². The van der Waals surface area contributed by atoms with Crippen LogP contribution in [0.25, 0.3) is 4.96 Å². The quantitative estimate of drug-likeness (QED) is 0.780. The van der Waals surface area contributed by atoms with Crippen molar-refractivity contribution in [1.82, 2.24) is 14.7 Å². The number of imidazole rings is 1. The molecule has 1 aliphatic rings. The van der Waals surface area contributed by atoms with Gasteiger partial charge in [-0.25, -0.2) is 4.98 Å². The van der Waals surface area contributed by atoms with Crippen LogP contribution in [0.3, 0.4) is 0 Å². The van der Waals surface area contributed by atoms with Crippen LogP contribution in [0.15, 0.2) is 42.0 Å². The number of halogens is 1. The minimum Gasteiger partial charge on any atom is -0.346 e. The van der Waals surface area contributed by atoms with Crippen LogP contribution >= 0.6 is 22.9 Å². The van der Waals surface area contributed by atoms with E-state index in [-0.39, 0.29) is 24.3 Å². The monoisotopic (exact) mass is 360 g/mol. The van der Waals surface area contributed by atoms with Crippen LogP contribution in [0.1, 0.15) is 16.9 Å². The predicted octanol–water partition coefficient (Wildman–Crippen LogP) is 2.58. The molecule has 3 aromatic rings. The maximum absolute atomic E-state index is 12.3. The first kappa shape index (κ1) is 15.2. The van der Waals surface area contributed by atoms with Gasteiger partial charge >= 0.3 is 0 Å². The summed E-state index contributed by atoms with van der Waals surface area (Å²) in [6.07, 6.45) is 3.82. The zero-order valence-corrected chi connectivity index (χ0v) is 14.0. The Bertz CT molecular complexity index is 889. The fourth-order valence-electron chi connectivity index (χ4n) is 2.77.